The van der Waals surface area contributed by atoms with Crippen molar-refractivity contribution in [3.8, 4) is 22.0 Å². The second-order valence-corrected chi connectivity index (χ2v) is 8.30. The normalized spacial score (nSPS) is 15.8. The molecule has 7 heteroatoms. The minimum Gasteiger partial charge on any atom is -0.327 e. The van der Waals surface area contributed by atoms with E-state index in [4.69, 9.17) is 0 Å². The van der Waals surface area contributed by atoms with E-state index in [9.17, 15) is 4.79 Å². The molecule has 1 atom stereocenters. The van der Waals surface area contributed by atoms with Gasteiger partial charge in [-0.1, -0.05) is 42.5 Å². The van der Waals surface area contributed by atoms with Gasteiger partial charge < -0.3 is 9.47 Å². The molecule has 2 aromatic heterocycles. The first-order chi connectivity index (χ1) is 14.6. The average molecular weight is 416 g/mol. The predicted octanol–water partition coefficient (Wildman–Crippen LogP) is 4.59. The van der Waals surface area contributed by atoms with Gasteiger partial charge in [0, 0.05) is 29.7 Å². The lowest BCUT2D eigenvalue weighted by atomic mass is 10.0. The lowest BCUT2D eigenvalue weighted by molar-refractivity contribution is 0.0638. The maximum atomic E-state index is 13.2. The molecule has 6 nitrogen and oxygen atoms in total. The van der Waals surface area contributed by atoms with Gasteiger partial charge in [-0.05, 0) is 37.1 Å². The van der Waals surface area contributed by atoms with Crippen molar-refractivity contribution in [3.05, 3.63) is 77.1 Å². The first-order valence-corrected chi connectivity index (χ1v) is 10.8. The smallest absolute Gasteiger partial charge is 0.254 e. The quantitative estimate of drug-likeness (QED) is 0.491. The van der Waals surface area contributed by atoms with Crippen LogP contribution in [0.15, 0.2) is 60.0 Å². The summed E-state index contributed by atoms with van der Waals surface area (Å²) in [7, 11) is 0. The number of hydrogen-bond acceptors (Lipinski definition) is 5. The summed E-state index contributed by atoms with van der Waals surface area (Å²) in [4.78, 5) is 19.6. The van der Waals surface area contributed by atoms with E-state index in [2.05, 4.69) is 31.9 Å². The van der Waals surface area contributed by atoms with Crippen LogP contribution in [0.3, 0.4) is 0 Å². The van der Waals surface area contributed by atoms with E-state index in [1.165, 1.54) is 0 Å². The molecule has 0 saturated carbocycles. The standard InChI is InChI=1S/C23H21N5OS/c1-15-14-30-22(24-15)21-26-25-20-16(2)27(12-13-28(20)21)23(29)19-10-8-18(9-11-19)17-6-4-3-5-7-17/h3-11,14,16H,12-13H2,1-2H3. The molecule has 0 bridgehead atoms. The van der Waals surface area contributed by atoms with Crippen molar-refractivity contribution < 1.29 is 4.79 Å². The second-order valence-electron chi connectivity index (χ2n) is 7.45. The van der Waals surface area contributed by atoms with E-state index in [1.54, 1.807) is 11.3 Å². The average Bonchev–Trinajstić information content (AvgIpc) is 3.41. The molecule has 1 amide bonds. The Morgan fingerprint density at radius 3 is 2.43 bits per heavy atom. The van der Waals surface area contributed by atoms with Crippen LogP contribution in [0.1, 0.15) is 34.8 Å². The van der Waals surface area contributed by atoms with E-state index in [-0.39, 0.29) is 11.9 Å². The Morgan fingerprint density at radius 1 is 1.00 bits per heavy atom. The number of thiazole rings is 1. The number of aryl methyl sites for hydroxylation is 1. The van der Waals surface area contributed by atoms with E-state index in [0.717, 1.165) is 33.5 Å². The fourth-order valence-corrected chi connectivity index (χ4v) is 4.67. The zero-order valence-corrected chi connectivity index (χ0v) is 17.6. The molecule has 150 valence electrons. The zero-order chi connectivity index (χ0) is 20.7. The van der Waals surface area contributed by atoms with Gasteiger partial charge in [-0.15, -0.1) is 21.5 Å². The number of hydrogen-bond donors (Lipinski definition) is 0. The molecule has 0 spiro atoms. The summed E-state index contributed by atoms with van der Waals surface area (Å²) in [5.74, 6) is 1.61. The Balaban J connectivity index is 1.38. The molecular weight excluding hydrogens is 394 g/mol. The van der Waals surface area contributed by atoms with Crippen molar-refractivity contribution in [2.75, 3.05) is 6.54 Å². The SMILES string of the molecule is Cc1csc(-c2nnc3n2CCN(C(=O)c2ccc(-c4ccccc4)cc2)C3C)n1. The monoisotopic (exact) mass is 415 g/mol. The van der Waals surface area contributed by atoms with Crippen LogP contribution in [0.25, 0.3) is 22.0 Å². The van der Waals surface area contributed by atoms with Gasteiger partial charge in [0.15, 0.2) is 16.7 Å². The van der Waals surface area contributed by atoms with Crippen LogP contribution >= 0.6 is 11.3 Å². The van der Waals surface area contributed by atoms with Gasteiger partial charge >= 0.3 is 0 Å². The van der Waals surface area contributed by atoms with Crippen molar-refractivity contribution in [3.63, 3.8) is 0 Å². The highest BCUT2D eigenvalue weighted by Crippen LogP contribution is 2.31. The van der Waals surface area contributed by atoms with Gasteiger partial charge in [0.1, 0.15) is 0 Å². The third kappa shape index (κ3) is 3.21. The van der Waals surface area contributed by atoms with E-state index < -0.39 is 0 Å². The third-order valence-electron chi connectivity index (χ3n) is 5.50. The molecule has 5 rings (SSSR count). The fraction of sp³-hybridized carbons (Fsp3) is 0.217. The lowest BCUT2D eigenvalue weighted by Crippen LogP contribution is -2.41. The van der Waals surface area contributed by atoms with Crippen LogP contribution in [0.2, 0.25) is 0 Å². The maximum Gasteiger partial charge on any atom is 0.254 e. The van der Waals surface area contributed by atoms with Crippen LogP contribution in [0.5, 0.6) is 0 Å². The maximum absolute atomic E-state index is 13.2. The van der Waals surface area contributed by atoms with Crippen LogP contribution in [0.4, 0.5) is 0 Å². The molecule has 1 aliphatic rings. The highest BCUT2D eigenvalue weighted by atomic mass is 32.1. The molecule has 0 N–H and O–H groups in total. The molecule has 1 unspecified atom stereocenters. The Morgan fingerprint density at radius 2 is 1.73 bits per heavy atom. The number of amides is 1. The Kier molecular flexibility index (Phi) is 4.67. The largest absolute Gasteiger partial charge is 0.327 e. The summed E-state index contributed by atoms with van der Waals surface area (Å²) < 4.78 is 2.09. The molecule has 4 aromatic rings. The molecule has 2 aromatic carbocycles. The van der Waals surface area contributed by atoms with E-state index in [1.807, 2.05) is 66.6 Å². The first kappa shape index (κ1) is 18.7. The minimum absolute atomic E-state index is 0.0167. The van der Waals surface area contributed by atoms with Crippen molar-refractivity contribution in [1.29, 1.82) is 0 Å². The molecule has 0 saturated heterocycles. The summed E-state index contributed by atoms with van der Waals surface area (Å²) in [6.45, 7) is 5.25. The number of carbonyl (C=O) groups excluding carboxylic acids is 1. The van der Waals surface area contributed by atoms with Crippen molar-refractivity contribution in [2.45, 2.75) is 26.4 Å². The molecule has 0 fully saturated rings. The van der Waals surface area contributed by atoms with Crippen LogP contribution in [-0.4, -0.2) is 37.1 Å². The van der Waals surface area contributed by atoms with Crippen LogP contribution < -0.4 is 0 Å². The number of fused-ring (bicyclic) bond motifs is 1. The Bertz CT molecular complexity index is 1200. The van der Waals surface area contributed by atoms with Gasteiger partial charge in [0.05, 0.1) is 6.04 Å². The zero-order valence-electron chi connectivity index (χ0n) is 16.8. The molecule has 1 aliphatic heterocycles. The number of carbonyl (C=O) groups is 1. The summed E-state index contributed by atoms with van der Waals surface area (Å²) in [5, 5.41) is 11.6. The van der Waals surface area contributed by atoms with Gasteiger partial charge in [-0.2, -0.15) is 0 Å². The Hall–Kier alpha value is -3.32. The molecule has 3 heterocycles. The van der Waals surface area contributed by atoms with Gasteiger partial charge in [-0.3, -0.25) is 4.79 Å². The second kappa shape index (κ2) is 7.50. The summed E-state index contributed by atoms with van der Waals surface area (Å²) in [6.07, 6.45) is 0. The topological polar surface area (TPSA) is 63.9 Å². The van der Waals surface area contributed by atoms with Gasteiger partial charge in [0.25, 0.3) is 5.91 Å². The third-order valence-corrected chi connectivity index (χ3v) is 6.45. The van der Waals surface area contributed by atoms with Gasteiger partial charge in [0.2, 0.25) is 0 Å². The van der Waals surface area contributed by atoms with Crippen molar-refractivity contribution >= 4 is 17.2 Å². The van der Waals surface area contributed by atoms with E-state index in [0.29, 0.717) is 18.7 Å². The first-order valence-electron chi connectivity index (χ1n) is 9.94. The highest BCUT2D eigenvalue weighted by molar-refractivity contribution is 7.13. The van der Waals surface area contributed by atoms with Gasteiger partial charge in [-0.25, -0.2) is 4.98 Å². The number of rotatable bonds is 3. The minimum atomic E-state index is -0.151. The van der Waals surface area contributed by atoms with Crippen molar-refractivity contribution in [1.82, 2.24) is 24.6 Å². The van der Waals surface area contributed by atoms with E-state index >= 15 is 0 Å². The number of aromatic nitrogens is 4. The molecular formula is C23H21N5OS. The van der Waals surface area contributed by atoms with Crippen LogP contribution in [0, 0.1) is 6.92 Å². The molecule has 30 heavy (non-hydrogen) atoms. The summed E-state index contributed by atoms with van der Waals surface area (Å²) >= 11 is 1.57. The summed E-state index contributed by atoms with van der Waals surface area (Å²) in [6, 6.07) is 17.8. The van der Waals surface area contributed by atoms with Crippen LogP contribution in [-0.2, 0) is 6.54 Å². The predicted molar refractivity (Wildman–Crippen MR) is 117 cm³/mol. The Labute approximate surface area is 178 Å². The van der Waals surface area contributed by atoms with Crippen molar-refractivity contribution in [2.24, 2.45) is 0 Å². The number of benzene rings is 2. The molecule has 0 aliphatic carbocycles. The lowest BCUT2D eigenvalue weighted by Gasteiger charge is -2.33. The number of nitrogens with zero attached hydrogens (tertiary/aromatic N) is 5. The fourth-order valence-electron chi connectivity index (χ4n) is 3.88. The highest BCUT2D eigenvalue weighted by Gasteiger charge is 2.32. The summed E-state index contributed by atoms with van der Waals surface area (Å²) in [5.41, 5.74) is 3.90. The molecule has 0 radical (unpaired) electrons.